The first-order valence-corrected chi connectivity index (χ1v) is 7.54. The van der Waals surface area contributed by atoms with Gasteiger partial charge in [-0.3, -0.25) is 0 Å². The monoisotopic (exact) mass is 357 g/mol. The van der Waals surface area contributed by atoms with Gasteiger partial charge in [-0.15, -0.1) is 0 Å². The van der Waals surface area contributed by atoms with Crippen molar-refractivity contribution < 1.29 is 0 Å². The van der Waals surface area contributed by atoms with E-state index in [-0.39, 0.29) is 6.04 Å². The molecule has 0 aromatic heterocycles. The molecule has 0 radical (unpaired) electrons. The van der Waals surface area contributed by atoms with Crippen molar-refractivity contribution in [3.8, 4) is 0 Å². The van der Waals surface area contributed by atoms with E-state index in [1.165, 1.54) is 0 Å². The van der Waals surface area contributed by atoms with Crippen LogP contribution in [0.4, 0.5) is 0 Å². The van der Waals surface area contributed by atoms with Gasteiger partial charge in [-0.05, 0) is 52.2 Å². The van der Waals surface area contributed by atoms with Gasteiger partial charge in [0.25, 0.3) is 0 Å². The van der Waals surface area contributed by atoms with Gasteiger partial charge >= 0.3 is 0 Å². The molecule has 0 aliphatic rings. The Bertz CT molecular complexity index is 572. The predicted octanol–water partition coefficient (Wildman–Crippen LogP) is 5.61. The molecule has 0 aliphatic heterocycles. The maximum Gasteiger partial charge on any atom is 0.0551 e. The van der Waals surface area contributed by atoms with Crippen LogP contribution in [0.2, 0.25) is 10.0 Å². The maximum absolute atomic E-state index is 6.18. The first-order valence-electron chi connectivity index (χ1n) is 5.99. The molecule has 0 amide bonds. The van der Waals surface area contributed by atoms with Gasteiger partial charge in [0.15, 0.2) is 0 Å². The van der Waals surface area contributed by atoms with E-state index < -0.39 is 0 Å². The number of halogens is 3. The number of nitrogens with one attached hydrogen (secondary N) is 1. The van der Waals surface area contributed by atoms with Crippen LogP contribution >= 0.6 is 39.1 Å². The van der Waals surface area contributed by atoms with E-state index in [4.69, 9.17) is 23.2 Å². The second-order valence-electron chi connectivity index (χ2n) is 4.37. The molecule has 0 saturated carbocycles. The molecular formula is C15H14BrCl2N. The summed E-state index contributed by atoms with van der Waals surface area (Å²) in [6, 6.07) is 14.0. The third kappa shape index (κ3) is 3.96. The highest BCUT2D eigenvalue weighted by Crippen LogP contribution is 2.25. The van der Waals surface area contributed by atoms with E-state index >= 15 is 0 Å². The lowest BCUT2D eigenvalue weighted by Crippen LogP contribution is -2.18. The Morgan fingerprint density at radius 2 is 1.84 bits per heavy atom. The summed E-state index contributed by atoms with van der Waals surface area (Å²) in [6.45, 7) is 2.85. The zero-order chi connectivity index (χ0) is 13.8. The average molecular weight is 359 g/mol. The Labute approximate surface area is 132 Å². The van der Waals surface area contributed by atoms with Gasteiger partial charge < -0.3 is 5.32 Å². The molecule has 0 bridgehead atoms. The smallest absolute Gasteiger partial charge is 0.0551 e. The Kier molecular flexibility index (Phi) is 5.28. The normalized spacial score (nSPS) is 12.4. The summed E-state index contributed by atoms with van der Waals surface area (Å²) in [6.07, 6.45) is 0. The summed E-state index contributed by atoms with van der Waals surface area (Å²) < 4.78 is 0.914. The van der Waals surface area contributed by atoms with Crippen LogP contribution in [0.3, 0.4) is 0 Å². The van der Waals surface area contributed by atoms with Crippen molar-refractivity contribution in [3.63, 3.8) is 0 Å². The summed E-state index contributed by atoms with van der Waals surface area (Å²) in [5.74, 6) is 0. The van der Waals surface area contributed by atoms with E-state index in [2.05, 4.69) is 28.2 Å². The number of hydrogen-bond donors (Lipinski definition) is 1. The van der Waals surface area contributed by atoms with Crippen LogP contribution in [-0.4, -0.2) is 0 Å². The fourth-order valence-corrected chi connectivity index (χ4v) is 2.61. The molecule has 1 nitrogen and oxygen atoms in total. The van der Waals surface area contributed by atoms with E-state index in [0.29, 0.717) is 0 Å². The number of benzene rings is 2. The first kappa shape index (κ1) is 14.9. The highest BCUT2D eigenvalue weighted by molar-refractivity contribution is 9.10. The van der Waals surface area contributed by atoms with Crippen molar-refractivity contribution in [2.24, 2.45) is 0 Å². The molecule has 4 heteroatoms. The first-order chi connectivity index (χ1) is 9.08. The molecule has 0 heterocycles. The Balaban J connectivity index is 2.02. The molecule has 1 atom stereocenters. The van der Waals surface area contributed by atoms with Crippen molar-refractivity contribution in [2.75, 3.05) is 0 Å². The zero-order valence-electron chi connectivity index (χ0n) is 10.5. The molecule has 0 unspecified atom stereocenters. The SMILES string of the molecule is C[C@H](NCc1ccc(Br)c(Cl)c1)c1ccccc1Cl. The lowest BCUT2D eigenvalue weighted by molar-refractivity contribution is 0.575. The van der Waals surface area contributed by atoms with E-state index in [9.17, 15) is 0 Å². The zero-order valence-corrected chi connectivity index (χ0v) is 13.6. The minimum Gasteiger partial charge on any atom is -0.306 e. The van der Waals surface area contributed by atoms with Crippen LogP contribution in [0.1, 0.15) is 24.1 Å². The fraction of sp³-hybridized carbons (Fsp3) is 0.200. The summed E-state index contributed by atoms with van der Waals surface area (Å²) >= 11 is 15.6. The lowest BCUT2D eigenvalue weighted by Gasteiger charge is -2.16. The molecule has 0 saturated heterocycles. The molecule has 0 fully saturated rings. The topological polar surface area (TPSA) is 12.0 Å². The van der Waals surface area contributed by atoms with E-state index in [1.807, 2.05) is 42.5 Å². The molecule has 19 heavy (non-hydrogen) atoms. The van der Waals surface area contributed by atoms with Gasteiger partial charge in [0.05, 0.1) is 5.02 Å². The van der Waals surface area contributed by atoms with Crippen LogP contribution in [0.25, 0.3) is 0 Å². The van der Waals surface area contributed by atoms with Crippen molar-refractivity contribution in [3.05, 3.63) is 68.1 Å². The summed E-state index contributed by atoms with van der Waals surface area (Å²) in [5.41, 5.74) is 2.25. The van der Waals surface area contributed by atoms with Crippen LogP contribution in [0, 0.1) is 0 Å². The summed E-state index contributed by atoms with van der Waals surface area (Å²) in [4.78, 5) is 0. The third-order valence-electron chi connectivity index (χ3n) is 2.97. The van der Waals surface area contributed by atoms with Gasteiger partial charge in [0, 0.05) is 22.1 Å². The van der Waals surface area contributed by atoms with Crippen molar-refractivity contribution >= 4 is 39.1 Å². The molecule has 100 valence electrons. The van der Waals surface area contributed by atoms with E-state index in [0.717, 1.165) is 32.2 Å². The quantitative estimate of drug-likeness (QED) is 0.749. The lowest BCUT2D eigenvalue weighted by atomic mass is 10.1. The van der Waals surface area contributed by atoms with Crippen molar-refractivity contribution in [1.82, 2.24) is 5.32 Å². The van der Waals surface area contributed by atoms with Crippen molar-refractivity contribution in [2.45, 2.75) is 19.5 Å². The van der Waals surface area contributed by atoms with Crippen LogP contribution in [0.5, 0.6) is 0 Å². The van der Waals surface area contributed by atoms with Crippen LogP contribution in [0.15, 0.2) is 46.9 Å². The fourth-order valence-electron chi connectivity index (χ4n) is 1.86. The summed E-state index contributed by atoms with van der Waals surface area (Å²) in [5, 5.41) is 4.96. The molecule has 1 N–H and O–H groups in total. The van der Waals surface area contributed by atoms with Gasteiger partial charge in [-0.2, -0.15) is 0 Å². The predicted molar refractivity (Wildman–Crippen MR) is 85.9 cm³/mol. The highest BCUT2D eigenvalue weighted by atomic mass is 79.9. The standard InChI is InChI=1S/C15H14BrCl2N/c1-10(12-4-2-3-5-14(12)17)19-9-11-6-7-13(16)15(18)8-11/h2-8,10,19H,9H2,1H3/t10-/m0/s1. The highest BCUT2D eigenvalue weighted by Gasteiger charge is 2.08. The molecule has 0 spiro atoms. The summed E-state index contributed by atoms with van der Waals surface area (Å²) in [7, 11) is 0. The minimum absolute atomic E-state index is 0.191. The largest absolute Gasteiger partial charge is 0.306 e. The Morgan fingerprint density at radius 1 is 1.11 bits per heavy atom. The Hall–Kier alpha value is -0.540. The van der Waals surface area contributed by atoms with Gasteiger partial charge in [-0.1, -0.05) is 47.5 Å². The molecule has 2 aromatic carbocycles. The second-order valence-corrected chi connectivity index (χ2v) is 6.04. The Morgan fingerprint density at radius 3 is 2.53 bits per heavy atom. The number of rotatable bonds is 4. The van der Waals surface area contributed by atoms with Crippen LogP contribution < -0.4 is 5.32 Å². The maximum atomic E-state index is 6.18. The van der Waals surface area contributed by atoms with Gasteiger partial charge in [-0.25, -0.2) is 0 Å². The molecular weight excluding hydrogens is 345 g/mol. The van der Waals surface area contributed by atoms with E-state index in [1.54, 1.807) is 0 Å². The number of hydrogen-bond acceptors (Lipinski definition) is 1. The molecule has 2 aromatic rings. The molecule has 2 rings (SSSR count). The third-order valence-corrected chi connectivity index (χ3v) is 4.54. The average Bonchev–Trinajstić information content (AvgIpc) is 2.40. The van der Waals surface area contributed by atoms with Gasteiger partial charge in [0.1, 0.15) is 0 Å². The van der Waals surface area contributed by atoms with Crippen LogP contribution in [-0.2, 0) is 6.54 Å². The van der Waals surface area contributed by atoms with Crippen molar-refractivity contribution in [1.29, 1.82) is 0 Å². The molecule has 0 aliphatic carbocycles. The van der Waals surface area contributed by atoms with Gasteiger partial charge in [0.2, 0.25) is 0 Å². The minimum atomic E-state index is 0.191. The second kappa shape index (κ2) is 6.76.